The van der Waals surface area contributed by atoms with Gasteiger partial charge in [0.25, 0.3) is 0 Å². The van der Waals surface area contributed by atoms with E-state index >= 15 is 0 Å². The number of nitrogen functional groups attached to an aromatic ring is 1. The summed E-state index contributed by atoms with van der Waals surface area (Å²) in [6.07, 6.45) is 8.27. The summed E-state index contributed by atoms with van der Waals surface area (Å²) in [5.74, 6) is 2.11. The van der Waals surface area contributed by atoms with Crippen LogP contribution in [0.15, 0.2) is 67.1 Å². The molecule has 1 aliphatic carbocycles. The lowest BCUT2D eigenvalue weighted by Gasteiger charge is -2.44. The normalized spacial score (nSPS) is 23.1. The third-order valence-electron chi connectivity index (χ3n) is 8.38. The van der Waals surface area contributed by atoms with Crippen LogP contribution in [-0.2, 0) is 0 Å². The Morgan fingerprint density at radius 2 is 1.63 bits per heavy atom. The zero-order chi connectivity index (χ0) is 26.1. The number of aliphatic hydroxyl groups is 1. The number of rotatable bonds is 6. The van der Waals surface area contributed by atoms with Crippen molar-refractivity contribution in [2.45, 2.75) is 43.8 Å². The van der Waals surface area contributed by atoms with Crippen molar-refractivity contribution in [3.8, 4) is 22.6 Å². The van der Waals surface area contributed by atoms with Gasteiger partial charge in [0.15, 0.2) is 0 Å². The van der Waals surface area contributed by atoms with Crippen LogP contribution in [0.5, 0.6) is 11.5 Å². The molecule has 1 atom stereocenters. The van der Waals surface area contributed by atoms with E-state index in [0.29, 0.717) is 17.9 Å². The SMILES string of the molecule is CN1CCN([C@H]2CC[C@H](n3cc(-c4ccc(Oc5ccccc5)cc4)c4c(N)ncnc43)CC2)CC1CO. The van der Waals surface area contributed by atoms with Crippen LogP contribution in [0.2, 0.25) is 0 Å². The number of ether oxygens (including phenoxy) is 1. The van der Waals surface area contributed by atoms with Crippen LogP contribution < -0.4 is 10.5 Å². The zero-order valence-electron chi connectivity index (χ0n) is 21.9. The number of piperazine rings is 1. The first-order valence-electron chi connectivity index (χ1n) is 13.6. The van der Waals surface area contributed by atoms with Crippen LogP contribution >= 0.6 is 0 Å². The summed E-state index contributed by atoms with van der Waals surface area (Å²) in [4.78, 5) is 13.9. The van der Waals surface area contributed by atoms with Crippen LogP contribution in [-0.4, -0.2) is 74.8 Å². The molecule has 8 heteroatoms. The van der Waals surface area contributed by atoms with E-state index in [4.69, 9.17) is 10.5 Å². The molecule has 0 amide bonds. The monoisotopic (exact) mass is 512 g/mol. The molecule has 38 heavy (non-hydrogen) atoms. The summed E-state index contributed by atoms with van der Waals surface area (Å²) in [7, 11) is 2.11. The predicted octanol–water partition coefficient (Wildman–Crippen LogP) is 4.56. The minimum atomic E-state index is 0.223. The Bertz CT molecular complexity index is 1370. The van der Waals surface area contributed by atoms with E-state index in [-0.39, 0.29) is 12.6 Å². The predicted molar refractivity (Wildman–Crippen MR) is 150 cm³/mol. The van der Waals surface area contributed by atoms with Gasteiger partial charge in [-0.3, -0.25) is 9.80 Å². The van der Waals surface area contributed by atoms with Crippen molar-refractivity contribution in [1.82, 2.24) is 24.3 Å². The van der Waals surface area contributed by atoms with Crippen molar-refractivity contribution in [3.63, 3.8) is 0 Å². The molecule has 0 spiro atoms. The number of anilines is 1. The summed E-state index contributed by atoms with van der Waals surface area (Å²) in [5.41, 5.74) is 9.43. The molecule has 3 heterocycles. The smallest absolute Gasteiger partial charge is 0.146 e. The van der Waals surface area contributed by atoms with Crippen LogP contribution in [0.1, 0.15) is 31.7 Å². The van der Waals surface area contributed by atoms with E-state index in [9.17, 15) is 5.11 Å². The minimum absolute atomic E-state index is 0.223. The van der Waals surface area contributed by atoms with Gasteiger partial charge < -0.3 is 20.1 Å². The van der Waals surface area contributed by atoms with E-state index < -0.39 is 0 Å². The van der Waals surface area contributed by atoms with Gasteiger partial charge in [-0.1, -0.05) is 30.3 Å². The van der Waals surface area contributed by atoms with E-state index in [2.05, 4.69) is 49.7 Å². The highest BCUT2D eigenvalue weighted by atomic mass is 16.5. The molecule has 6 rings (SSSR count). The molecule has 2 aromatic carbocycles. The van der Waals surface area contributed by atoms with Gasteiger partial charge in [0.1, 0.15) is 29.3 Å². The molecule has 8 nitrogen and oxygen atoms in total. The molecule has 1 aliphatic heterocycles. The topological polar surface area (TPSA) is 92.7 Å². The second-order valence-electron chi connectivity index (χ2n) is 10.6. The quantitative estimate of drug-likeness (QED) is 0.391. The Labute approximate surface area is 223 Å². The number of hydrogen-bond donors (Lipinski definition) is 2. The molecule has 1 unspecified atom stereocenters. The summed E-state index contributed by atoms with van der Waals surface area (Å²) in [6, 6.07) is 19.1. The molecule has 2 aliphatic rings. The van der Waals surface area contributed by atoms with Crippen molar-refractivity contribution in [1.29, 1.82) is 0 Å². The Balaban J connectivity index is 1.22. The number of benzene rings is 2. The molecule has 4 aromatic rings. The van der Waals surface area contributed by atoms with Gasteiger partial charge in [-0.15, -0.1) is 0 Å². The average Bonchev–Trinajstić information content (AvgIpc) is 3.35. The van der Waals surface area contributed by atoms with Crippen molar-refractivity contribution in [3.05, 3.63) is 67.1 Å². The maximum Gasteiger partial charge on any atom is 0.146 e. The average molecular weight is 513 g/mol. The Morgan fingerprint density at radius 3 is 2.37 bits per heavy atom. The van der Waals surface area contributed by atoms with Gasteiger partial charge in [0, 0.05) is 49.5 Å². The maximum absolute atomic E-state index is 9.77. The third-order valence-corrected chi connectivity index (χ3v) is 8.38. The van der Waals surface area contributed by atoms with E-state index in [1.54, 1.807) is 6.33 Å². The molecule has 2 aromatic heterocycles. The summed E-state index contributed by atoms with van der Waals surface area (Å²) in [6.45, 7) is 3.27. The fourth-order valence-corrected chi connectivity index (χ4v) is 6.13. The Morgan fingerprint density at radius 1 is 0.921 bits per heavy atom. The number of aliphatic hydroxyl groups excluding tert-OH is 1. The Kier molecular flexibility index (Phi) is 7.02. The van der Waals surface area contributed by atoms with E-state index in [0.717, 1.165) is 79.0 Å². The van der Waals surface area contributed by atoms with Crippen LogP contribution in [0, 0.1) is 0 Å². The minimum Gasteiger partial charge on any atom is -0.457 e. The number of likely N-dealkylation sites (N-methyl/N-ethyl adjacent to an activating group) is 1. The number of hydrogen-bond acceptors (Lipinski definition) is 7. The lowest BCUT2D eigenvalue weighted by Crippen LogP contribution is -2.56. The lowest BCUT2D eigenvalue weighted by atomic mass is 9.89. The molecule has 0 bridgehead atoms. The lowest BCUT2D eigenvalue weighted by molar-refractivity contribution is 0.0226. The van der Waals surface area contributed by atoms with E-state index in [1.165, 1.54) is 0 Å². The van der Waals surface area contributed by atoms with Gasteiger partial charge in [-0.2, -0.15) is 0 Å². The highest BCUT2D eigenvalue weighted by molar-refractivity contribution is 6.00. The summed E-state index contributed by atoms with van der Waals surface area (Å²) >= 11 is 0. The number of fused-ring (bicyclic) bond motifs is 1. The van der Waals surface area contributed by atoms with Crippen LogP contribution in [0.4, 0.5) is 5.82 Å². The van der Waals surface area contributed by atoms with E-state index in [1.807, 2.05) is 42.5 Å². The standard InChI is InChI=1S/C30H36N6O2/c1-34-15-16-35(17-24(34)19-37)22-9-11-23(12-10-22)36-18-27(28-29(31)32-20-33-30(28)36)21-7-13-26(14-8-21)38-25-5-3-2-4-6-25/h2-8,13-14,18,20,22-24,37H,9-12,15-17,19H2,1H3,(H2,31,32,33)/t22-,23-,24?. The van der Waals surface area contributed by atoms with Gasteiger partial charge >= 0.3 is 0 Å². The van der Waals surface area contributed by atoms with Gasteiger partial charge in [-0.25, -0.2) is 9.97 Å². The molecule has 198 valence electrons. The number of para-hydroxylation sites is 1. The maximum atomic E-state index is 9.77. The molecule has 3 N–H and O–H groups in total. The third kappa shape index (κ3) is 4.87. The first-order valence-corrected chi connectivity index (χ1v) is 13.6. The summed E-state index contributed by atoms with van der Waals surface area (Å²) in [5, 5.41) is 10.7. The van der Waals surface area contributed by atoms with Crippen LogP contribution in [0.25, 0.3) is 22.2 Å². The number of nitrogens with zero attached hydrogens (tertiary/aromatic N) is 5. The summed E-state index contributed by atoms with van der Waals surface area (Å²) < 4.78 is 8.31. The van der Waals surface area contributed by atoms with Gasteiger partial charge in [0.05, 0.1) is 12.0 Å². The fraction of sp³-hybridized carbons (Fsp3) is 0.400. The molecule has 2 fully saturated rings. The van der Waals surface area contributed by atoms with Gasteiger partial charge in [-0.05, 0) is 62.6 Å². The highest BCUT2D eigenvalue weighted by Crippen LogP contribution is 2.39. The first-order chi connectivity index (χ1) is 18.6. The molecule has 1 saturated carbocycles. The largest absolute Gasteiger partial charge is 0.457 e. The number of aromatic nitrogens is 3. The highest BCUT2D eigenvalue weighted by Gasteiger charge is 2.32. The second kappa shape index (κ2) is 10.7. The first kappa shape index (κ1) is 24.9. The number of nitrogens with two attached hydrogens (primary N) is 1. The fourth-order valence-electron chi connectivity index (χ4n) is 6.13. The van der Waals surface area contributed by atoms with Crippen molar-refractivity contribution >= 4 is 16.9 Å². The molecule has 1 saturated heterocycles. The molecular weight excluding hydrogens is 476 g/mol. The second-order valence-corrected chi connectivity index (χ2v) is 10.6. The van der Waals surface area contributed by atoms with Crippen molar-refractivity contribution in [2.24, 2.45) is 0 Å². The van der Waals surface area contributed by atoms with Crippen molar-refractivity contribution < 1.29 is 9.84 Å². The Hall–Kier alpha value is -3.46. The van der Waals surface area contributed by atoms with Gasteiger partial charge in [0.2, 0.25) is 0 Å². The van der Waals surface area contributed by atoms with Crippen molar-refractivity contribution in [2.75, 3.05) is 39.0 Å². The molecule has 0 radical (unpaired) electrons. The molecular formula is C30H36N6O2. The zero-order valence-corrected chi connectivity index (χ0v) is 21.9. The van der Waals surface area contributed by atoms with Crippen LogP contribution in [0.3, 0.4) is 0 Å².